The van der Waals surface area contributed by atoms with Crippen LogP contribution in [0, 0.1) is 17.8 Å². The van der Waals surface area contributed by atoms with Crippen molar-refractivity contribution in [2.75, 3.05) is 13.2 Å². The van der Waals surface area contributed by atoms with Gasteiger partial charge in [-0.15, -0.1) is 0 Å². The van der Waals surface area contributed by atoms with Crippen LogP contribution in [0.1, 0.15) is 38.5 Å². The van der Waals surface area contributed by atoms with Gasteiger partial charge in [-0.25, -0.2) is 0 Å². The molecular weight excluding hydrogens is 176 g/mol. The summed E-state index contributed by atoms with van der Waals surface area (Å²) in [7, 11) is 0. The second kappa shape index (κ2) is 3.21. The predicted molar refractivity (Wildman–Crippen MR) is 53.9 cm³/mol. The SMILES string of the molecule is OC1(C2CCOCC2)C2CCCCC21. The van der Waals surface area contributed by atoms with Gasteiger partial charge in [0.25, 0.3) is 0 Å². The van der Waals surface area contributed by atoms with Crippen LogP contribution in [-0.2, 0) is 4.74 Å². The fraction of sp³-hybridized carbons (Fsp3) is 1.00. The highest BCUT2D eigenvalue weighted by Crippen LogP contribution is 2.63. The summed E-state index contributed by atoms with van der Waals surface area (Å²) in [5.41, 5.74) is -0.264. The number of ether oxygens (including phenoxy) is 1. The van der Waals surface area contributed by atoms with E-state index in [0.717, 1.165) is 26.1 Å². The van der Waals surface area contributed by atoms with E-state index in [2.05, 4.69) is 0 Å². The maximum Gasteiger partial charge on any atom is 0.0740 e. The van der Waals surface area contributed by atoms with Crippen molar-refractivity contribution in [1.82, 2.24) is 0 Å². The summed E-state index contributed by atoms with van der Waals surface area (Å²) in [6.07, 6.45) is 7.41. The Labute approximate surface area is 85.6 Å². The lowest BCUT2D eigenvalue weighted by Crippen LogP contribution is -2.31. The standard InChI is InChI=1S/C12H20O2/c13-12(9-5-7-14-8-6-9)10-3-1-2-4-11(10)12/h9-11,13H,1-8H2. The van der Waals surface area contributed by atoms with Crippen LogP contribution in [0.15, 0.2) is 0 Å². The number of aliphatic hydroxyl groups is 1. The van der Waals surface area contributed by atoms with Crippen LogP contribution in [0.2, 0.25) is 0 Å². The van der Waals surface area contributed by atoms with Gasteiger partial charge in [0.15, 0.2) is 0 Å². The van der Waals surface area contributed by atoms with Gasteiger partial charge in [0, 0.05) is 13.2 Å². The van der Waals surface area contributed by atoms with Crippen molar-refractivity contribution in [3.63, 3.8) is 0 Å². The predicted octanol–water partition coefficient (Wildman–Crippen LogP) is 1.96. The molecule has 2 atom stereocenters. The second-order valence-electron chi connectivity index (χ2n) is 5.27. The minimum atomic E-state index is -0.264. The zero-order chi connectivity index (χ0) is 9.60. The van der Waals surface area contributed by atoms with Crippen molar-refractivity contribution in [3.8, 4) is 0 Å². The van der Waals surface area contributed by atoms with Crippen LogP contribution in [0.4, 0.5) is 0 Å². The van der Waals surface area contributed by atoms with Gasteiger partial charge in [0.1, 0.15) is 0 Å². The van der Waals surface area contributed by atoms with Gasteiger partial charge >= 0.3 is 0 Å². The Balaban J connectivity index is 1.71. The Morgan fingerprint density at radius 2 is 1.50 bits per heavy atom. The molecule has 1 saturated heterocycles. The van der Waals surface area contributed by atoms with Crippen LogP contribution < -0.4 is 0 Å². The normalized spacial score (nSPS) is 48.6. The first-order chi connectivity index (χ1) is 6.83. The molecule has 0 spiro atoms. The molecule has 3 aliphatic rings. The van der Waals surface area contributed by atoms with Gasteiger partial charge < -0.3 is 9.84 Å². The van der Waals surface area contributed by atoms with Crippen LogP contribution in [0.3, 0.4) is 0 Å². The molecule has 1 heterocycles. The lowest BCUT2D eigenvalue weighted by molar-refractivity contribution is -0.0196. The Morgan fingerprint density at radius 3 is 2.07 bits per heavy atom. The molecular formula is C12H20O2. The number of hydrogen-bond acceptors (Lipinski definition) is 2. The summed E-state index contributed by atoms with van der Waals surface area (Å²) >= 11 is 0. The van der Waals surface area contributed by atoms with E-state index in [1.807, 2.05) is 0 Å². The van der Waals surface area contributed by atoms with Gasteiger partial charge in [-0.05, 0) is 43.4 Å². The first-order valence-electron chi connectivity index (χ1n) is 6.13. The third kappa shape index (κ3) is 1.17. The Bertz CT molecular complexity index is 208. The van der Waals surface area contributed by atoms with E-state index in [9.17, 15) is 5.11 Å². The summed E-state index contributed by atoms with van der Waals surface area (Å²) in [5.74, 6) is 1.85. The lowest BCUT2D eigenvalue weighted by Gasteiger charge is -2.28. The Kier molecular flexibility index (Phi) is 2.10. The molecule has 2 heteroatoms. The monoisotopic (exact) mass is 196 g/mol. The van der Waals surface area contributed by atoms with Crippen LogP contribution in [0.5, 0.6) is 0 Å². The average Bonchev–Trinajstić information content (AvgIpc) is 2.89. The molecule has 1 aliphatic heterocycles. The average molecular weight is 196 g/mol. The molecule has 3 rings (SSSR count). The molecule has 14 heavy (non-hydrogen) atoms. The van der Waals surface area contributed by atoms with Crippen molar-refractivity contribution in [2.45, 2.75) is 44.1 Å². The molecule has 0 bridgehead atoms. The summed E-state index contributed by atoms with van der Waals surface area (Å²) in [5, 5.41) is 10.7. The van der Waals surface area contributed by atoms with Crippen molar-refractivity contribution in [1.29, 1.82) is 0 Å². The van der Waals surface area contributed by atoms with Crippen molar-refractivity contribution in [3.05, 3.63) is 0 Å². The van der Waals surface area contributed by atoms with E-state index in [1.165, 1.54) is 25.7 Å². The zero-order valence-electron chi connectivity index (χ0n) is 8.74. The fourth-order valence-corrected chi connectivity index (χ4v) is 3.91. The minimum absolute atomic E-state index is 0.264. The topological polar surface area (TPSA) is 29.5 Å². The van der Waals surface area contributed by atoms with E-state index in [-0.39, 0.29) is 5.60 Å². The first-order valence-corrected chi connectivity index (χ1v) is 6.13. The largest absolute Gasteiger partial charge is 0.389 e. The van der Waals surface area contributed by atoms with E-state index < -0.39 is 0 Å². The highest BCUT2D eigenvalue weighted by atomic mass is 16.5. The van der Waals surface area contributed by atoms with Crippen molar-refractivity contribution < 1.29 is 9.84 Å². The van der Waals surface area contributed by atoms with Crippen LogP contribution in [-0.4, -0.2) is 23.9 Å². The Morgan fingerprint density at radius 1 is 0.929 bits per heavy atom. The Hall–Kier alpha value is -0.0800. The quantitative estimate of drug-likeness (QED) is 0.694. The molecule has 2 unspecified atom stereocenters. The molecule has 2 aliphatic carbocycles. The zero-order valence-corrected chi connectivity index (χ0v) is 8.74. The maximum atomic E-state index is 10.7. The van der Waals surface area contributed by atoms with E-state index in [0.29, 0.717) is 17.8 Å². The molecule has 2 nitrogen and oxygen atoms in total. The molecule has 2 saturated carbocycles. The summed E-state index contributed by atoms with van der Waals surface area (Å²) in [6.45, 7) is 1.73. The molecule has 0 radical (unpaired) electrons. The van der Waals surface area contributed by atoms with Gasteiger partial charge in [0.05, 0.1) is 5.60 Å². The molecule has 0 amide bonds. The van der Waals surface area contributed by atoms with Crippen molar-refractivity contribution in [2.24, 2.45) is 17.8 Å². The molecule has 0 aromatic carbocycles. The molecule has 1 N–H and O–H groups in total. The third-order valence-electron chi connectivity index (χ3n) is 4.72. The van der Waals surface area contributed by atoms with Crippen molar-refractivity contribution >= 4 is 0 Å². The van der Waals surface area contributed by atoms with Crippen LogP contribution >= 0.6 is 0 Å². The third-order valence-corrected chi connectivity index (χ3v) is 4.72. The molecule has 0 aromatic rings. The van der Waals surface area contributed by atoms with Gasteiger partial charge in [-0.2, -0.15) is 0 Å². The molecule has 3 fully saturated rings. The van der Waals surface area contributed by atoms with Gasteiger partial charge in [0.2, 0.25) is 0 Å². The minimum Gasteiger partial charge on any atom is -0.389 e. The summed E-state index contributed by atoms with van der Waals surface area (Å²) in [6, 6.07) is 0. The summed E-state index contributed by atoms with van der Waals surface area (Å²) in [4.78, 5) is 0. The van der Waals surface area contributed by atoms with E-state index in [1.54, 1.807) is 0 Å². The maximum absolute atomic E-state index is 10.7. The number of fused-ring (bicyclic) bond motifs is 1. The number of rotatable bonds is 1. The van der Waals surface area contributed by atoms with Gasteiger partial charge in [-0.1, -0.05) is 12.8 Å². The highest BCUT2D eigenvalue weighted by Gasteiger charge is 2.66. The number of hydrogen-bond donors (Lipinski definition) is 1. The summed E-state index contributed by atoms with van der Waals surface area (Å²) < 4.78 is 5.36. The molecule has 80 valence electrons. The molecule has 0 aromatic heterocycles. The highest BCUT2D eigenvalue weighted by molar-refractivity contribution is 5.16. The van der Waals surface area contributed by atoms with E-state index >= 15 is 0 Å². The second-order valence-corrected chi connectivity index (χ2v) is 5.27. The van der Waals surface area contributed by atoms with Gasteiger partial charge in [-0.3, -0.25) is 0 Å². The fourth-order valence-electron chi connectivity index (χ4n) is 3.91. The van der Waals surface area contributed by atoms with E-state index in [4.69, 9.17) is 4.74 Å². The first kappa shape index (κ1) is 9.17. The lowest BCUT2D eigenvalue weighted by atomic mass is 9.89. The van der Waals surface area contributed by atoms with Crippen LogP contribution in [0.25, 0.3) is 0 Å². The smallest absolute Gasteiger partial charge is 0.0740 e.